The van der Waals surface area contributed by atoms with E-state index in [0.717, 1.165) is 16.7 Å². The molecule has 0 radical (unpaired) electrons. The Morgan fingerprint density at radius 1 is 1.15 bits per heavy atom. The summed E-state index contributed by atoms with van der Waals surface area (Å²) in [5.74, 6) is 0.490. The third-order valence-electron chi connectivity index (χ3n) is 3.19. The third kappa shape index (κ3) is 2.43. The second-order valence-corrected chi connectivity index (χ2v) is 5.50. The monoisotopic (exact) mass is 333 g/mol. The quantitative estimate of drug-likeness (QED) is 0.683. The van der Waals surface area contributed by atoms with Gasteiger partial charge in [-0.25, -0.2) is 4.39 Å². The lowest BCUT2D eigenvalue weighted by atomic mass is 10.2. The van der Waals surface area contributed by atoms with E-state index >= 15 is 0 Å². The predicted octanol–water partition coefficient (Wildman–Crippen LogP) is 5.51. The van der Waals surface area contributed by atoms with Crippen molar-refractivity contribution in [2.75, 3.05) is 5.32 Å². The van der Waals surface area contributed by atoms with Gasteiger partial charge in [0, 0.05) is 9.86 Å². The molecule has 1 heterocycles. The molecule has 2 aromatic carbocycles. The van der Waals surface area contributed by atoms with Crippen molar-refractivity contribution in [2.24, 2.45) is 0 Å². The molecule has 0 aliphatic heterocycles. The molecule has 20 heavy (non-hydrogen) atoms. The molecule has 0 spiro atoms. The molecule has 4 heteroatoms. The number of hydrogen-bond donors (Lipinski definition) is 1. The van der Waals surface area contributed by atoms with Crippen LogP contribution in [0.15, 0.2) is 57.4 Å². The molecule has 0 aliphatic rings. The summed E-state index contributed by atoms with van der Waals surface area (Å²) in [6.07, 6.45) is 0. The van der Waals surface area contributed by atoms with Crippen LogP contribution in [0.2, 0.25) is 0 Å². The van der Waals surface area contributed by atoms with Gasteiger partial charge in [0.15, 0.2) is 0 Å². The first-order valence-electron chi connectivity index (χ1n) is 6.34. The average molecular weight is 334 g/mol. The second-order valence-electron chi connectivity index (χ2n) is 4.65. The summed E-state index contributed by atoms with van der Waals surface area (Å²) >= 11 is 3.35. The Kier molecular flexibility index (Phi) is 3.49. The lowest BCUT2D eigenvalue weighted by Crippen LogP contribution is -2.07. The Bertz CT molecular complexity index is 700. The summed E-state index contributed by atoms with van der Waals surface area (Å²) < 4.78 is 20.3. The average Bonchev–Trinajstić information content (AvgIpc) is 2.87. The number of halogens is 2. The lowest BCUT2D eigenvalue weighted by molar-refractivity contribution is 0.524. The van der Waals surface area contributed by atoms with E-state index in [1.165, 1.54) is 6.07 Å². The second kappa shape index (κ2) is 5.29. The van der Waals surface area contributed by atoms with Crippen LogP contribution >= 0.6 is 15.9 Å². The lowest BCUT2D eigenvalue weighted by Gasteiger charge is -2.14. The number of para-hydroxylation sites is 2. The summed E-state index contributed by atoms with van der Waals surface area (Å²) in [6.45, 7) is 1.94. The van der Waals surface area contributed by atoms with Crippen molar-refractivity contribution in [1.29, 1.82) is 0 Å². The Morgan fingerprint density at radius 3 is 2.70 bits per heavy atom. The molecule has 3 rings (SSSR count). The van der Waals surface area contributed by atoms with Crippen molar-refractivity contribution in [3.8, 4) is 0 Å². The van der Waals surface area contributed by atoms with Gasteiger partial charge in [0.25, 0.3) is 0 Å². The van der Waals surface area contributed by atoms with Crippen molar-refractivity contribution in [3.63, 3.8) is 0 Å². The van der Waals surface area contributed by atoms with Crippen LogP contribution in [0.4, 0.5) is 10.1 Å². The van der Waals surface area contributed by atoms with E-state index in [2.05, 4.69) is 21.2 Å². The fourth-order valence-electron chi connectivity index (χ4n) is 2.14. The molecule has 0 fully saturated rings. The van der Waals surface area contributed by atoms with Gasteiger partial charge in [0.05, 0.1) is 11.7 Å². The van der Waals surface area contributed by atoms with Gasteiger partial charge in [-0.05, 0) is 47.1 Å². The molecule has 1 atom stereocenters. The summed E-state index contributed by atoms with van der Waals surface area (Å²) in [7, 11) is 0. The van der Waals surface area contributed by atoms with E-state index in [4.69, 9.17) is 4.42 Å². The standard InChI is InChI=1S/C16H13BrFNO/c1-10(19-16-12(17)6-4-7-13(16)18)15-9-11-5-2-3-8-14(11)20-15/h2-10,19H,1H3. The Balaban J connectivity index is 1.91. The maximum Gasteiger partial charge on any atom is 0.147 e. The van der Waals surface area contributed by atoms with E-state index in [-0.39, 0.29) is 11.9 Å². The zero-order valence-corrected chi connectivity index (χ0v) is 12.4. The molecule has 0 bridgehead atoms. The van der Waals surface area contributed by atoms with E-state index in [1.807, 2.05) is 37.3 Å². The van der Waals surface area contributed by atoms with Gasteiger partial charge >= 0.3 is 0 Å². The largest absolute Gasteiger partial charge is 0.459 e. The molecule has 1 unspecified atom stereocenters. The van der Waals surface area contributed by atoms with Crippen molar-refractivity contribution in [3.05, 3.63) is 64.6 Å². The molecule has 1 aromatic heterocycles. The zero-order chi connectivity index (χ0) is 14.1. The number of fused-ring (bicyclic) bond motifs is 1. The topological polar surface area (TPSA) is 25.2 Å². The number of hydrogen-bond acceptors (Lipinski definition) is 2. The molecule has 102 valence electrons. The fraction of sp³-hybridized carbons (Fsp3) is 0.125. The van der Waals surface area contributed by atoms with Crippen LogP contribution in [0.3, 0.4) is 0 Å². The third-order valence-corrected chi connectivity index (χ3v) is 3.86. The molecule has 2 nitrogen and oxygen atoms in total. The van der Waals surface area contributed by atoms with E-state index in [0.29, 0.717) is 10.2 Å². The van der Waals surface area contributed by atoms with Crippen molar-refractivity contribution < 1.29 is 8.81 Å². The number of nitrogens with one attached hydrogen (secondary N) is 1. The minimum absolute atomic E-state index is 0.129. The summed E-state index contributed by atoms with van der Waals surface area (Å²) in [5.41, 5.74) is 1.28. The minimum Gasteiger partial charge on any atom is -0.459 e. The normalized spacial score (nSPS) is 12.6. The highest BCUT2D eigenvalue weighted by Crippen LogP contribution is 2.31. The van der Waals surface area contributed by atoms with Crippen LogP contribution in [0.25, 0.3) is 11.0 Å². The smallest absolute Gasteiger partial charge is 0.147 e. The van der Waals surface area contributed by atoms with Crippen molar-refractivity contribution in [1.82, 2.24) is 0 Å². The summed E-state index contributed by atoms with van der Waals surface area (Å²) in [5, 5.41) is 4.19. The fourth-order valence-corrected chi connectivity index (χ4v) is 2.60. The number of furan rings is 1. The Labute approximate surface area is 124 Å². The highest BCUT2D eigenvalue weighted by atomic mass is 79.9. The van der Waals surface area contributed by atoms with E-state index in [1.54, 1.807) is 12.1 Å². The Hall–Kier alpha value is -1.81. The maximum atomic E-state index is 13.8. The van der Waals surface area contributed by atoms with Crippen LogP contribution in [0.1, 0.15) is 18.7 Å². The first kappa shape index (κ1) is 13.2. The predicted molar refractivity (Wildman–Crippen MR) is 82.4 cm³/mol. The van der Waals surface area contributed by atoms with Gasteiger partial charge in [-0.1, -0.05) is 24.3 Å². The van der Waals surface area contributed by atoms with Crippen LogP contribution < -0.4 is 5.32 Å². The number of rotatable bonds is 3. The van der Waals surface area contributed by atoms with Crippen LogP contribution in [0, 0.1) is 5.82 Å². The minimum atomic E-state index is -0.290. The molecule has 3 aromatic rings. The highest BCUT2D eigenvalue weighted by molar-refractivity contribution is 9.10. The summed E-state index contributed by atoms with van der Waals surface area (Å²) in [6, 6.07) is 14.6. The first-order chi connectivity index (χ1) is 9.65. The van der Waals surface area contributed by atoms with Crippen LogP contribution in [-0.2, 0) is 0 Å². The van der Waals surface area contributed by atoms with Crippen molar-refractivity contribution >= 4 is 32.6 Å². The molecule has 1 N–H and O–H groups in total. The Morgan fingerprint density at radius 2 is 1.95 bits per heavy atom. The molecule has 0 saturated carbocycles. The van der Waals surface area contributed by atoms with Gasteiger partial charge in [-0.15, -0.1) is 0 Å². The van der Waals surface area contributed by atoms with Gasteiger partial charge in [-0.2, -0.15) is 0 Å². The van der Waals surface area contributed by atoms with Gasteiger partial charge < -0.3 is 9.73 Å². The van der Waals surface area contributed by atoms with Gasteiger partial charge in [-0.3, -0.25) is 0 Å². The SMILES string of the molecule is CC(Nc1c(F)cccc1Br)c1cc2ccccc2o1. The molecule has 0 aliphatic carbocycles. The molecule has 0 saturated heterocycles. The van der Waals surface area contributed by atoms with Crippen LogP contribution in [-0.4, -0.2) is 0 Å². The van der Waals surface area contributed by atoms with Gasteiger partial charge in [0.1, 0.15) is 17.2 Å². The first-order valence-corrected chi connectivity index (χ1v) is 7.13. The van der Waals surface area contributed by atoms with Crippen LogP contribution in [0.5, 0.6) is 0 Å². The number of anilines is 1. The highest BCUT2D eigenvalue weighted by Gasteiger charge is 2.14. The van der Waals surface area contributed by atoms with Crippen molar-refractivity contribution in [2.45, 2.75) is 13.0 Å². The van der Waals surface area contributed by atoms with E-state index in [9.17, 15) is 4.39 Å². The number of benzene rings is 2. The zero-order valence-electron chi connectivity index (χ0n) is 10.9. The summed E-state index contributed by atoms with van der Waals surface area (Å²) in [4.78, 5) is 0. The molecule has 0 amide bonds. The molecular weight excluding hydrogens is 321 g/mol. The molecular formula is C16H13BrFNO. The maximum absolute atomic E-state index is 13.8. The van der Waals surface area contributed by atoms with Gasteiger partial charge in [0.2, 0.25) is 0 Å². The van der Waals surface area contributed by atoms with E-state index < -0.39 is 0 Å².